The molecule has 0 aliphatic carbocycles. The maximum atomic E-state index is 9.90. The van der Waals surface area contributed by atoms with Crippen LogP contribution in [0.15, 0.2) is 18.2 Å². The zero-order valence-electron chi connectivity index (χ0n) is 10.3. The lowest BCUT2D eigenvalue weighted by Crippen LogP contribution is -2.30. The summed E-state index contributed by atoms with van der Waals surface area (Å²) < 4.78 is 0. The Morgan fingerprint density at radius 3 is 2.53 bits per heavy atom. The summed E-state index contributed by atoms with van der Waals surface area (Å²) in [6.45, 7) is 4.63. The van der Waals surface area contributed by atoms with Gasteiger partial charge in [-0.25, -0.2) is 0 Å². The van der Waals surface area contributed by atoms with Crippen LogP contribution in [0.25, 0.3) is 0 Å². The van der Waals surface area contributed by atoms with E-state index in [1.807, 2.05) is 0 Å². The third-order valence-electron chi connectivity index (χ3n) is 2.77. The summed E-state index contributed by atoms with van der Waals surface area (Å²) >= 11 is 0. The molecule has 4 heteroatoms. The van der Waals surface area contributed by atoms with Crippen molar-refractivity contribution in [1.82, 2.24) is 5.32 Å². The second-order valence-corrected chi connectivity index (χ2v) is 4.36. The molecule has 4 nitrogen and oxygen atoms in total. The fourth-order valence-electron chi connectivity index (χ4n) is 1.71. The highest BCUT2D eigenvalue weighted by Gasteiger charge is 2.11. The van der Waals surface area contributed by atoms with Crippen LogP contribution >= 0.6 is 0 Å². The number of hydrogen-bond donors (Lipinski definition) is 4. The van der Waals surface area contributed by atoms with Crippen molar-refractivity contribution in [2.24, 2.45) is 0 Å². The van der Waals surface area contributed by atoms with Gasteiger partial charge in [-0.3, -0.25) is 0 Å². The Kier molecular flexibility index (Phi) is 5.25. The van der Waals surface area contributed by atoms with Crippen molar-refractivity contribution < 1.29 is 15.3 Å². The van der Waals surface area contributed by atoms with Gasteiger partial charge in [0.1, 0.15) is 0 Å². The molecule has 1 rings (SSSR count). The molecule has 1 aromatic carbocycles. The zero-order valence-corrected chi connectivity index (χ0v) is 10.3. The highest BCUT2D eigenvalue weighted by Crippen LogP contribution is 2.27. The van der Waals surface area contributed by atoms with E-state index in [0.717, 1.165) is 12.8 Å². The number of phenols is 2. The van der Waals surface area contributed by atoms with Crippen LogP contribution in [0.3, 0.4) is 0 Å². The van der Waals surface area contributed by atoms with Crippen LogP contribution in [-0.2, 0) is 0 Å². The van der Waals surface area contributed by atoms with Crippen molar-refractivity contribution >= 4 is 0 Å². The average Bonchev–Trinajstić information content (AvgIpc) is 2.30. The first kappa shape index (κ1) is 13.8. The lowest BCUT2D eigenvalue weighted by Gasteiger charge is -2.17. The van der Waals surface area contributed by atoms with E-state index in [1.165, 1.54) is 12.1 Å². The van der Waals surface area contributed by atoms with Gasteiger partial charge in [0.15, 0.2) is 11.5 Å². The number of phenolic OH excluding ortho intramolecular Hbond substituents is 2. The summed E-state index contributed by atoms with van der Waals surface area (Å²) in [5.74, 6) is -0.378. The third-order valence-corrected chi connectivity index (χ3v) is 2.77. The van der Waals surface area contributed by atoms with E-state index in [9.17, 15) is 10.2 Å². The van der Waals surface area contributed by atoms with Gasteiger partial charge in [0, 0.05) is 12.6 Å². The first-order valence-corrected chi connectivity index (χ1v) is 5.98. The van der Waals surface area contributed by atoms with Gasteiger partial charge in [0.05, 0.1) is 6.10 Å². The molecule has 0 aromatic heterocycles. The predicted molar refractivity (Wildman–Crippen MR) is 67.1 cm³/mol. The first-order chi connectivity index (χ1) is 8.04. The van der Waals surface area contributed by atoms with Gasteiger partial charge in [-0.05, 0) is 31.0 Å². The molecular formula is C13H21NO3. The molecule has 0 aliphatic heterocycles. The minimum absolute atomic E-state index is 0.173. The van der Waals surface area contributed by atoms with Gasteiger partial charge in [-0.1, -0.05) is 19.4 Å². The van der Waals surface area contributed by atoms with Crippen LogP contribution in [-0.4, -0.2) is 27.9 Å². The molecule has 0 amide bonds. The van der Waals surface area contributed by atoms with Crippen molar-refractivity contribution in [3.05, 3.63) is 23.8 Å². The van der Waals surface area contributed by atoms with Crippen molar-refractivity contribution in [2.45, 2.75) is 38.8 Å². The topological polar surface area (TPSA) is 72.7 Å². The Balaban J connectivity index is 2.52. The van der Waals surface area contributed by atoms with Gasteiger partial charge in [0.2, 0.25) is 0 Å². The smallest absolute Gasteiger partial charge is 0.157 e. The summed E-state index contributed by atoms with van der Waals surface area (Å²) in [5, 5.41) is 31.6. The minimum atomic E-state index is -0.680. The number of aliphatic hydroxyl groups is 1. The lowest BCUT2D eigenvalue weighted by molar-refractivity contribution is 0.169. The lowest BCUT2D eigenvalue weighted by atomic mass is 10.1. The van der Waals surface area contributed by atoms with Gasteiger partial charge < -0.3 is 20.6 Å². The van der Waals surface area contributed by atoms with Crippen LogP contribution in [0.5, 0.6) is 11.5 Å². The molecule has 0 radical (unpaired) electrons. The maximum Gasteiger partial charge on any atom is 0.157 e. The Labute approximate surface area is 102 Å². The first-order valence-electron chi connectivity index (χ1n) is 5.98. The summed E-state index contributed by atoms with van der Waals surface area (Å²) in [4.78, 5) is 0. The Morgan fingerprint density at radius 1 is 1.24 bits per heavy atom. The molecule has 0 saturated heterocycles. The molecule has 1 aromatic rings. The second kappa shape index (κ2) is 6.47. The highest BCUT2D eigenvalue weighted by molar-refractivity contribution is 5.41. The van der Waals surface area contributed by atoms with E-state index in [-0.39, 0.29) is 11.5 Å². The Hall–Kier alpha value is -1.26. The van der Waals surface area contributed by atoms with Crippen LogP contribution in [0.4, 0.5) is 0 Å². The molecule has 0 saturated carbocycles. The molecule has 0 spiro atoms. The number of rotatable bonds is 6. The van der Waals surface area contributed by atoms with Crippen LogP contribution in [0.2, 0.25) is 0 Å². The van der Waals surface area contributed by atoms with E-state index in [4.69, 9.17) is 5.11 Å². The van der Waals surface area contributed by atoms with E-state index in [0.29, 0.717) is 18.2 Å². The number of aliphatic hydroxyl groups excluding tert-OH is 1. The molecule has 0 heterocycles. The Morgan fingerprint density at radius 2 is 1.94 bits per heavy atom. The van der Waals surface area contributed by atoms with E-state index >= 15 is 0 Å². The van der Waals surface area contributed by atoms with Crippen LogP contribution in [0, 0.1) is 0 Å². The number of nitrogens with one attached hydrogen (secondary N) is 1. The molecule has 2 unspecified atom stereocenters. The average molecular weight is 239 g/mol. The summed E-state index contributed by atoms with van der Waals surface area (Å²) in [6.07, 6.45) is 1.48. The molecule has 0 bridgehead atoms. The quantitative estimate of drug-likeness (QED) is 0.572. The largest absolute Gasteiger partial charge is 0.504 e. The summed E-state index contributed by atoms with van der Waals surface area (Å²) in [6, 6.07) is 4.72. The minimum Gasteiger partial charge on any atom is -0.504 e. The zero-order chi connectivity index (χ0) is 12.8. The predicted octanol–water partition coefficient (Wildman–Crippen LogP) is 1.91. The van der Waals surface area contributed by atoms with E-state index in [1.54, 1.807) is 6.07 Å². The molecule has 4 N–H and O–H groups in total. The monoisotopic (exact) mass is 239 g/mol. The van der Waals surface area contributed by atoms with Crippen LogP contribution < -0.4 is 5.32 Å². The standard InChI is InChI=1S/C13H21NO3/c1-3-4-9(2)14-8-13(17)10-5-6-11(15)12(16)7-10/h5-7,9,13-17H,3-4,8H2,1-2H3. The van der Waals surface area contributed by atoms with Crippen molar-refractivity contribution in [2.75, 3.05) is 6.54 Å². The number of benzene rings is 1. The summed E-state index contributed by atoms with van der Waals surface area (Å²) in [7, 11) is 0. The van der Waals surface area contributed by atoms with Gasteiger partial charge >= 0.3 is 0 Å². The molecule has 0 fully saturated rings. The SMILES string of the molecule is CCCC(C)NCC(O)c1ccc(O)c(O)c1. The van der Waals surface area contributed by atoms with Gasteiger partial charge in [-0.2, -0.15) is 0 Å². The number of hydrogen-bond acceptors (Lipinski definition) is 4. The van der Waals surface area contributed by atoms with Crippen molar-refractivity contribution in [3.63, 3.8) is 0 Å². The fourth-order valence-corrected chi connectivity index (χ4v) is 1.71. The molecular weight excluding hydrogens is 218 g/mol. The van der Waals surface area contributed by atoms with E-state index in [2.05, 4.69) is 19.2 Å². The third kappa shape index (κ3) is 4.24. The van der Waals surface area contributed by atoms with Crippen molar-refractivity contribution in [1.29, 1.82) is 0 Å². The molecule has 2 atom stereocenters. The number of aromatic hydroxyl groups is 2. The van der Waals surface area contributed by atoms with Gasteiger partial charge in [0.25, 0.3) is 0 Å². The van der Waals surface area contributed by atoms with E-state index < -0.39 is 6.10 Å². The fraction of sp³-hybridized carbons (Fsp3) is 0.538. The van der Waals surface area contributed by atoms with Crippen molar-refractivity contribution in [3.8, 4) is 11.5 Å². The highest BCUT2D eigenvalue weighted by atomic mass is 16.3. The Bertz CT molecular complexity index is 355. The normalized spacial score (nSPS) is 14.5. The maximum absolute atomic E-state index is 9.90. The second-order valence-electron chi connectivity index (χ2n) is 4.36. The van der Waals surface area contributed by atoms with Gasteiger partial charge in [-0.15, -0.1) is 0 Å². The molecule has 96 valence electrons. The van der Waals surface area contributed by atoms with Crippen LogP contribution in [0.1, 0.15) is 38.4 Å². The molecule has 17 heavy (non-hydrogen) atoms. The summed E-state index contributed by atoms with van der Waals surface area (Å²) in [5.41, 5.74) is 0.594. The molecule has 0 aliphatic rings.